The van der Waals surface area contributed by atoms with Gasteiger partial charge in [-0.05, 0) is 89.2 Å². The smallest absolute Gasteiger partial charge is 0.0934 e. The monoisotopic (exact) mass is 733 g/mol. The van der Waals surface area contributed by atoms with E-state index in [1.807, 2.05) is 0 Å². The Kier molecular flexibility index (Phi) is 32.7. The average Bonchev–Trinajstić information content (AvgIpc) is 3.19. The number of allylic oxidation sites excluding steroid dienone is 8. The molecule has 1 aliphatic rings. The van der Waals surface area contributed by atoms with Crippen molar-refractivity contribution in [2.24, 2.45) is 0 Å². The Morgan fingerprint density at radius 2 is 0.962 bits per heavy atom. The summed E-state index contributed by atoms with van der Waals surface area (Å²) in [4.78, 5) is 5.10. The Morgan fingerprint density at radius 1 is 0.509 bits per heavy atom. The Balaban J connectivity index is 1.54. The van der Waals surface area contributed by atoms with Crippen LogP contribution in [0.5, 0.6) is 0 Å². The Morgan fingerprint density at radius 3 is 1.47 bits per heavy atom. The van der Waals surface area contributed by atoms with Crippen molar-refractivity contribution in [1.29, 1.82) is 0 Å². The average molecular weight is 733 g/mol. The number of piperazine rings is 1. The number of ether oxygens (including phenoxy) is 2. The largest absolute Gasteiger partial charge is 0.379 e. The van der Waals surface area contributed by atoms with E-state index < -0.39 is 0 Å². The van der Waals surface area contributed by atoms with Crippen molar-refractivity contribution in [3.05, 3.63) is 78.9 Å². The lowest BCUT2D eigenvalue weighted by Gasteiger charge is -2.37. The summed E-state index contributed by atoms with van der Waals surface area (Å²) in [5.74, 6) is 0. The van der Waals surface area contributed by atoms with Crippen molar-refractivity contribution in [3.63, 3.8) is 0 Å². The highest BCUT2D eigenvalue weighted by Gasteiger charge is 2.21. The normalized spacial score (nSPS) is 14.9. The van der Waals surface area contributed by atoms with E-state index in [4.69, 9.17) is 9.47 Å². The summed E-state index contributed by atoms with van der Waals surface area (Å²) in [6.45, 7) is 12.3. The molecule has 0 N–H and O–H groups in total. The molecule has 4 heteroatoms. The molecule has 0 radical (unpaired) electrons. The number of anilines is 1. The first-order valence-corrected chi connectivity index (χ1v) is 22.6. The molecular weight excluding hydrogens is 649 g/mol. The van der Waals surface area contributed by atoms with E-state index >= 15 is 0 Å². The van der Waals surface area contributed by atoms with E-state index in [-0.39, 0.29) is 6.10 Å². The van der Waals surface area contributed by atoms with Crippen LogP contribution in [-0.2, 0) is 9.47 Å². The number of para-hydroxylation sites is 1. The molecule has 0 saturated carbocycles. The van der Waals surface area contributed by atoms with Gasteiger partial charge in [-0.15, -0.1) is 0 Å². The highest BCUT2D eigenvalue weighted by Crippen LogP contribution is 2.17. The number of hydrogen-bond acceptors (Lipinski definition) is 4. The fourth-order valence-corrected chi connectivity index (χ4v) is 7.02. The minimum absolute atomic E-state index is 0.167. The summed E-state index contributed by atoms with van der Waals surface area (Å²) in [7, 11) is 0. The quantitative estimate of drug-likeness (QED) is 0.0507. The van der Waals surface area contributed by atoms with Crippen molar-refractivity contribution in [2.75, 3.05) is 57.4 Å². The number of unbranched alkanes of at least 4 members (excludes halogenated alkanes) is 18. The van der Waals surface area contributed by atoms with E-state index in [1.165, 1.54) is 141 Å². The third-order valence-electron chi connectivity index (χ3n) is 10.4. The fraction of sp³-hybridized carbons (Fsp3) is 0.714. The van der Waals surface area contributed by atoms with E-state index in [2.05, 4.69) is 103 Å². The van der Waals surface area contributed by atoms with Crippen molar-refractivity contribution >= 4 is 5.69 Å². The maximum Gasteiger partial charge on any atom is 0.0934 e. The molecule has 1 aromatic rings. The van der Waals surface area contributed by atoms with Gasteiger partial charge in [0.15, 0.2) is 0 Å². The molecule has 1 atom stereocenters. The standard InChI is InChI=1S/C49H84N2O2/c1-3-5-7-9-11-13-15-17-19-21-23-25-27-29-31-36-44-52-47-49(46-50-40-42-51(43-41-50)48-38-34-33-35-39-48)53-45-37-32-30-28-26-24-22-20-18-16-14-12-10-8-6-4-2/h11-14,17-20,33-35,38-39,49H,3-10,15-16,21-32,36-37,40-47H2,1-2H3/b13-11-,14-12+,19-17-,20-18+. The molecule has 302 valence electrons. The zero-order valence-corrected chi connectivity index (χ0v) is 34.9. The second-order valence-electron chi connectivity index (χ2n) is 15.4. The van der Waals surface area contributed by atoms with Crippen LogP contribution in [0.15, 0.2) is 78.9 Å². The van der Waals surface area contributed by atoms with Gasteiger partial charge < -0.3 is 14.4 Å². The molecule has 0 aromatic heterocycles. The van der Waals surface area contributed by atoms with E-state index in [0.29, 0.717) is 0 Å². The van der Waals surface area contributed by atoms with E-state index in [1.54, 1.807) is 0 Å². The van der Waals surface area contributed by atoms with Crippen molar-refractivity contribution in [2.45, 2.75) is 174 Å². The summed E-state index contributed by atoms with van der Waals surface area (Å²) < 4.78 is 12.7. The number of hydrogen-bond donors (Lipinski definition) is 0. The first-order valence-electron chi connectivity index (χ1n) is 22.6. The molecule has 1 aromatic carbocycles. The molecule has 1 saturated heterocycles. The summed E-state index contributed by atoms with van der Waals surface area (Å²) in [5.41, 5.74) is 1.34. The molecule has 1 unspecified atom stereocenters. The van der Waals surface area contributed by atoms with Gasteiger partial charge in [-0.25, -0.2) is 0 Å². The highest BCUT2D eigenvalue weighted by atomic mass is 16.5. The van der Waals surface area contributed by atoms with Crippen molar-refractivity contribution in [3.8, 4) is 0 Å². The molecular formula is C49H84N2O2. The van der Waals surface area contributed by atoms with E-state index in [0.717, 1.165) is 71.8 Å². The maximum absolute atomic E-state index is 6.50. The summed E-state index contributed by atoms with van der Waals surface area (Å²) in [5, 5.41) is 0. The molecule has 1 aliphatic heterocycles. The van der Waals surface area contributed by atoms with Gasteiger partial charge in [0.2, 0.25) is 0 Å². The molecule has 1 fully saturated rings. The molecule has 0 spiro atoms. The van der Waals surface area contributed by atoms with Gasteiger partial charge in [-0.3, -0.25) is 4.90 Å². The van der Waals surface area contributed by atoms with Gasteiger partial charge in [-0.1, -0.05) is 158 Å². The van der Waals surface area contributed by atoms with Crippen LogP contribution >= 0.6 is 0 Å². The second kappa shape index (κ2) is 36.8. The van der Waals surface area contributed by atoms with Gasteiger partial charge in [0.05, 0.1) is 12.7 Å². The van der Waals surface area contributed by atoms with Gasteiger partial charge in [0.1, 0.15) is 0 Å². The number of benzene rings is 1. The van der Waals surface area contributed by atoms with Crippen molar-refractivity contribution < 1.29 is 9.47 Å². The molecule has 0 aliphatic carbocycles. The lowest BCUT2D eigenvalue weighted by Crippen LogP contribution is -2.49. The fourth-order valence-electron chi connectivity index (χ4n) is 7.02. The molecule has 1 heterocycles. The highest BCUT2D eigenvalue weighted by molar-refractivity contribution is 5.46. The molecule has 53 heavy (non-hydrogen) atoms. The molecule has 0 amide bonds. The van der Waals surface area contributed by atoms with Crippen molar-refractivity contribution in [1.82, 2.24) is 4.90 Å². The minimum Gasteiger partial charge on any atom is -0.379 e. The molecule has 0 bridgehead atoms. The van der Waals surface area contributed by atoms with Crippen LogP contribution in [0.3, 0.4) is 0 Å². The van der Waals surface area contributed by atoms with Crippen LogP contribution < -0.4 is 4.90 Å². The molecule has 4 nitrogen and oxygen atoms in total. The lowest BCUT2D eigenvalue weighted by molar-refractivity contribution is -0.0348. The first-order chi connectivity index (χ1) is 26.3. The maximum atomic E-state index is 6.50. The molecule has 2 rings (SSSR count). The Hall–Kier alpha value is -2.14. The Labute approximate surface area is 329 Å². The first kappa shape index (κ1) is 47.0. The topological polar surface area (TPSA) is 24.9 Å². The van der Waals surface area contributed by atoms with E-state index in [9.17, 15) is 0 Å². The zero-order chi connectivity index (χ0) is 37.5. The van der Waals surface area contributed by atoms with Crippen LogP contribution in [0.1, 0.15) is 168 Å². The summed E-state index contributed by atoms with van der Waals surface area (Å²) in [6, 6.07) is 10.9. The third kappa shape index (κ3) is 28.9. The van der Waals surface area contributed by atoms with Crippen LogP contribution in [-0.4, -0.2) is 63.5 Å². The predicted octanol–water partition coefficient (Wildman–Crippen LogP) is 13.8. The van der Waals surface area contributed by atoms with Crippen LogP contribution in [0, 0.1) is 0 Å². The van der Waals surface area contributed by atoms with Crippen LogP contribution in [0.25, 0.3) is 0 Å². The Bertz CT molecular complexity index is 1010. The minimum atomic E-state index is 0.167. The summed E-state index contributed by atoms with van der Waals surface area (Å²) in [6.07, 6.45) is 49.6. The number of rotatable bonds is 36. The lowest BCUT2D eigenvalue weighted by atomic mass is 10.1. The van der Waals surface area contributed by atoms with Gasteiger partial charge >= 0.3 is 0 Å². The van der Waals surface area contributed by atoms with Gasteiger partial charge in [0.25, 0.3) is 0 Å². The third-order valence-corrected chi connectivity index (χ3v) is 10.4. The van der Waals surface area contributed by atoms with Crippen LogP contribution in [0.2, 0.25) is 0 Å². The van der Waals surface area contributed by atoms with Crippen LogP contribution in [0.4, 0.5) is 5.69 Å². The second-order valence-corrected chi connectivity index (χ2v) is 15.4. The predicted molar refractivity (Wildman–Crippen MR) is 234 cm³/mol. The zero-order valence-electron chi connectivity index (χ0n) is 34.9. The van der Waals surface area contributed by atoms with Gasteiger partial charge in [-0.2, -0.15) is 0 Å². The number of nitrogens with zero attached hydrogens (tertiary/aromatic N) is 2. The summed E-state index contributed by atoms with van der Waals surface area (Å²) >= 11 is 0. The van der Waals surface area contributed by atoms with Gasteiger partial charge in [0, 0.05) is 51.6 Å². The SMILES string of the molecule is CCCCC/C=C\C/C=C\CCCCCCCCOCC(CN1CCN(c2ccccc2)CC1)OCCCCCCCC/C=C/C/C=C/CCCCC.